The van der Waals surface area contributed by atoms with Crippen molar-refractivity contribution in [1.29, 1.82) is 0 Å². The van der Waals surface area contributed by atoms with Crippen molar-refractivity contribution in [3.63, 3.8) is 0 Å². The lowest BCUT2D eigenvalue weighted by Crippen LogP contribution is -2.20. The van der Waals surface area contributed by atoms with Crippen molar-refractivity contribution < 1.29 is 4.79 Å². The molecule has 2 aromatic rings. The first-order valence-corrected chi connectivity index (χ1v) is 6.89. The molecule has 21 heavy (non-hydrogen) atoms. The van der Waals surface area contributed by atoms with Crippen LogP contribution in [-0.2, 0) is 0 Å². The summed E-state index contributed by atoms with van der Waals surface area (Å²) in [4.78, 5) is 12.0. The number of benzene rings is 2. The molecule has 0 unspecified atom stereocenters. The Bertz CT molecular complexity index is 643. The molecule has 0 bridgehead atoms. The zero-order valence-corrected chi connectivity index (χ0v) is 12.3. The highest BCUT2D eigenvalue weighted by Crippen LogP contribution is 2.08. The van der Waals surface area contributed by atoms with Crippen molar-refractivity contribution in [2.45, 2.75) is 20.3 Å². The van der Waals surface area contributed by atoms with E-state index in [1.807, 2.05) is 38.1 Å². The predicted octanol–water partition coefficient (Wildman–Crippen LogP) is 3.12. The van der Waals surface area contributed by atoms with Crippen LogP contribution in [0.4, 0.5) is 5.69 Å². The van der Waals surface area contributed by atoms with Crippen LogP contribution in [0.5, 0.6) is 0 Å². The molecule has 108 valence electrons. The lowest BCUT2D eigenvalue weighted by atomic mass is 10.1. The number of hydrogen-bond acceptors (Lipinski definition) is 3. The summed E-state index contributed by atoms with van der Waals surface area (Å²) in [6, 6.07) is 14.8. The van der Waals surface area contributed by atoms with Crippen molar-refractivity contribution in [3.05, 3.63) is 65.2 Å². The van der Waals surface area contributed by atoms with Crippen molar-refractivity contribution in [1.82, 2.24) is 5.43 Å². The molecule has 0 saturated heterocycles. The predicted molar refractivity (Wildman–Crippen MR) is 86.3 cm³/mol. The number of anilines is 1. The van der Waals surface area contributed by atoms with E-state index in [1.54, 1.807) is 24.3 Å². The van der Waals surface area contributed by atoms with Gasteiger partial charge in [0.05, 0.1) is 5.71 Å². The van der Waals surface area contributed by atoms with Crippen LogP contribution in [0.2, 0.25) is 0 Å². The van der Waals surface area contributed by atoms with Gasteiger partial charge in [-0.05, 0) is 43.2 Å². The number of nitrogens with zero attached hydrogens (tertiary/aromatic N) is 1. The summed E-state index contributed by atoms with van der Waals surface area (Å²) in [7, 11) is 0. The van der Waals surface area contributed by atoms with Crippen molar-refractivity contribution in [3.8, 4) is 0 Å². The molecular formula is C17H19N3O. The number of nitrogen functional groups attached to an aromatic ring is 1. The number of carbonyl (C=O) groups excluding carboxylic acids is 1. The molecule has 3 N–H and O–H groups in total. The molecule has 0 heterocycles. The smallest absolute Gasteiger partial charge is 0.271 e. The fraction of sp³-hybridized carbons (Fsp3) is 0.176. The molecule has 0 spiro atoms. The molecule has 0 aliphatic carbocycles. The monoisotopic (exact) mass is 281 g/mol. The molecule has 0 radical (unpaired) electrons. The van der Waals surface area contributed by atoms with E-state index in [2.05, 4.69) is 10.5 Å². The van der Waals surface area contributed by atoms with Gasteiger partial charge in [-0.2, -0.15) is 5.10 Å². The highest BCUT2D eigenvalue weighted by molar-refractivity contribution is 6.02. The van der Waals surface area contributed by atoms with Crippen LogP contribution in [-0.4, -0.2) is 11.6 Å². The Balaban J connectivity index is 2.12. The number of carbonyl (C=O) groups is 1. The number of aryl methyl sites for hydroxylation is 1. The van der Waals surface area contributed by atoms with Crippen molar-refractivity contribution >= 4 is 17.3 Å². The van der Waals surface area contributed by atoms with Gasteiger partial charge in [-0.3, -0.25) is 4.79 Å². The fourth-order valence-corrected chi connectivity index (χ4v) is 1.91. The number of amides is 1. The Morgan fingerprint density at radius 1 is 1.05 bits per heavy atom. The first-order valence-electron chi connectivity index (χ1n) is 6.89. The Morgan fingerprint density at radius 3 is 2.19 bits per heavy atom. The van der Waals surface area contributed by atoms with Gasteiger partial charge >= 0.3 is 0 Å². The van der Waals surface area contributed by atoms with Crippen molar-refractivity contribution in [2.24, 2.45) is 5.10 Å². The third-order valence-electron chi connectivity index (χ3n) is 3.18. The number of hydrogen-bond donors (Lipinski definition) is 2. The molecule has 0 aliphatic rings. The minimum absolute atomic E-state index is 0.243. The minimum atomic E-state index is -0.243. The summed E-state index contributed by atoms with van der Waals surface area (Å²) in [5.74, 6) is -0.243. The summed E-state index contributed by atoms with van der Waals surface area (Å²) in [6.07, 6.45) is 0.741. The van der Waals surface area contributed by atoms with Crippen LogP contribution in [0.1, 0.15) is 34.8 Å². The number of nitrogens with one attached hydrogen (secondary N) is 1. The molecule has 0 aliphatic heterocycles. The summed E-state index contributed by atoms with van der Waals surface area (Å²) >= 11 is 0. The van der Waals surface area contributed by atoms with E-state index < -0.39 is 0 Å². The van der Waals surface area contributed by atoms with Gasteiger partial charge in [-0.15, -0.1) is 0 Å². The molecule has 0 saturated carbocycles. The molecule has 0 fully saturated rings. The topological polar surface area (TPSA) is 67.5 Å². The summed E-state index contributed by atoms with van der Waals surface area (Å²) in [5, 5.41) is 4.23. The van der Waals surface area contributed by atoms with Crippen LogP contribution in [0.15, 0.2) is 53.6 Å². The van der Waals surface area contributed by atoms with Gasteiger partial charge < -0.3 is 5.73 Å². The number of rotatable bonds is 4. The largest absolute Gasteiger partial charge is 0.399 e. The second-order valence-corrected chi connectivity index (χ2v) is 4.84. The fourth-order valence-electron chi connectivity index (χ4n) is 1.91. The highest BCUT2D eigenvalue weighted by Gasteiger charge is 2.05. The van der Waals surface area contributed by atoms with E-state index in [0.717, 1.165) is 17.7 Å². The summed E-state index contributed by atoms with van der Waals surface area (Å²) in [5.41, 5.74) is 12.4. The van der Waals surface area contributed by atoms with Gasteiger partial charge in [0.1, 0.15) is 0 Å². The zero-order chi connectivity index (χ0) is 15.2. The second kappa shape index (κ2) is 6.70. The molecular weight excluding hydrogens is 262 g/mol. The van der Waals surface area contributed by atoms with Gasteiger partial charge in [0.25, 0.3) is 5.91 Å². The minimum Gasteiger partial charge on any atom is -0.399 e. The molecule has 2 rings (SSSR count). The molecule has 4 heteroatoms. The average molecular weight is 281 g/mol. The molecule has 4 nitrogen and oxygen atoms in total. The maximum Gasteiger partial charge on any atom is 0.271 e. The number of hydrazone groups is 1. The van der Waals surface area contributed by atoms with Crippen LogP contribution >= 0.6 is 0 Å². The maximum absolute atomic E-state index is 12.0. The summed E-state index contributed by atoms with van der Waals surface area (Å²) in [6.45, 7) is 4.05. The normalized spacial score (nSPS) is 11.2. The van der Waals surface area contributed by atoms with E-state index in [1.165, 1.54) is 5.56 Å². The third-order valence-corrected chi connectivity index (χ3v) is 3.18. The molecule has 0 aromatic heterocycles. The van der Waals surface area contributed by atoms with E-state index in [9.17, 15) is 4.79 Å². The molecule has 0 atom stereocenters. The maximum atomic E-state index is 12.0. The quantitative estimate of drug-likeness (QED) is 0.513. The number of nitrogens with two attached hydrogens (primary N) is 1. The van der Waals surface area contributed by atoms with Crippen LogP contribution in [0.3, 0.4) is 0 Å². The zero-order valence-electron chi connectivity index (χ0n) is 12.3. The Kier molecular flexibility index (Phi) is 4.72. The van der Waals surface area contributed by atoms with Crippen LogP contribution in [0, 0.1) is 6.92 Å². The lowest BCUT2D eigenvalue weighted by molar-refractivity contribution is 0.0955. The van der Waals surface area contributed by atoms with Crippen LogP contribution < -0.4 is 11.2 Å². The third kappa shape index (κ3) is 3.92. The Labute approximate surface area is 124 Å². The second-order valence-electron chi connectivity index (χ2n) is 4.84. The van der Waals surface area contributed by atoms with E-state index in [0.29, 0.717) is 11.3 Å². The van der Waals surface area contributed by atoms with Crippen molar-refractivity contribution in [2.75, 3.05) is 5.73 Å². The highest BCUT2D eigenvalue weighted by atomic mass is 16.2. The molecule has 2 aromatic carbocycles. The Morgan fingerprint density at radius 2 is 1.62 bits per heavy atom. The summed E-state index contributed by atoms with van der Waals surface area (Å²) < 4.78 is 0. The van der Waals surface area contributed by atoms with Gasteiger partial charge in [0, 0.05) is 11.3 Å². The van der Waals surface area contributed by atoms with Gasteiger partial charge in [-0.1, -0.05) is 36.8 Å². The Hall–Kier alpha value is -2.62. The van der Waals surface area contributed by atoms with Gasteiger partial charge in [0.2, 0.25) is 0 Å². The molecule has 1 amide bonds. The van der Waals surface area contributed by atoms with E-state index in [4.69, 9.17) is 5.73 Å². The lowest BCUT2D eigenvalue weighted by Gasteiger charge is -2.06. The first kappa shape index (κ1) is 14.8. The average Bonchev–Trinajstić information content (AvgIpc) is 2.50. The SMILES string of the molecule is CC/C(=N/NC(=O)c1ccc(N)cc1)c1ccc(C)cc1. The van der Waals surface area contributed by atoms with Gasteiger partial charge in [-0.25, -0.2) is 5.43 Å². The van der Waals surface area contributed by atoms with Gasteiger partial charge in [0.15, 0.2) is 0 Å². The van der Waals surface area contributed by atoms with E-state index >= 15 is 0 Å². The standard InChI is InChI=1S/C17H19N3O/c1-3-16(13-6-4-12(2)5-7-13)19-20-17(21)14-8-10-15(18)11-9-14/h4-11H,3,18H2,1-2H3,(H,20,21)/b19-16-. The van der Waals surface area contributed by atoms with Crippen LogP contribution in [0.25, 0.3) is 0 Å². The van der Waals surface area contributed by atoms with E-state index in [-0.39, 0.29) is 5.91 Å². The first-order chi connectivity index (χ1) is 10.1.